The van der Waals surface area contributed by atoms with Gasteiger partial charge in [-0.2, -0.15) is 0 Å². The molecule has 5 heteroatoms. The first kappa shape index (κ1) is 22.7. The summed E-state index contributed by atoms with van der Waals surface area (Å²) in [5.74, 6) is -0.0896. The first-order valence-corrected chi connectivity index (χ1v) is 10.5. The number of carbonyl (C=O) groups excluding carboxylic acids is 1. The molecule has 29 heavy (non-hydrogen) atoms. The van der Waals surface area contributed by atoms with Crippen molar-refractivity contribution in [2.24, 2.45) is 0 Å². The first-order valence-electron chi connectivity index (χ1n) is 10.5. The van der Waals surface area contributed by atoms with E-state index in [-0.39, 0.29) is 11.5 Å². The van der Waals surface area contributed by atoms with Gasteiger partial charge in [0.15, 0.2) is 11.6 Å². The fourth-order valence-electron chi connectivity index (χ4n) is 2.92. The van der Waals surface area contributed by atoms with E-state index in [1.807, 2.05) is 6.92 Å². The van der Waals surface area contributed by atoms with Crippen molar-refractivity contribution < 1.29 is 23.4 Å². The number of rotatable bonds is 13. The highest BCUT2D eigenvalue weighted by Crippen LogP contribution is 2.24. The van der Waals surface area contributed by atoms with E-state index in [2.05, 4.69) is 6.92 Å². The molecule has 0 unspecified atom stereocenters. The van der Waals surface area contributed by atoms with Crippen molar-refractivity contribution in [2.45, 2.75) is 58.8 Å². The third kappa shape index (κ3) is 8.14. The molecule has 2 rings (SSSR count). The Morgan fingerprint density at radius 3 is 2.14 bits per heavy atom. The van der Waals surface area contributed by atoms with E-state index in [0.29, 0.717) is 24.5 Å². The van der Waals surface area contributed by atoms with Gasteiger partial charge < -0.3 is 14.2 Å². The summed E-state index contributed by atoms with van der Waals surface area (Å²) in [6.45, 7) is 5.12. The molecule has 2 aromatic carbocycles. The summed E-state index contributed by atoms with van der Waals surface area (Å²) in [5.41, 5.74) is 0.369. The molecule has 0 aliphatic carbocycles. The minimum Gasteiger partial charge on any atom is -0.494 e. The number of benzene rings is 2. The molecule has 0 heterocycles. The van der Waals surface area contributed by atoms with Crippen LogP contribution in [0.1, 0.15) is 69.2 Å². The standard InChI is InChI=1S/C24H31FO4/c1-3-5-6-7-8-9-10-17-28-23-16-15-21(18-22(23)25)29-24(26)19-11-13-20(14-12-19)27-4-2/h11-16,18H,3-10,17H2,1-2H3. The molecule has 158 valence electrons. The van der Waals surface area contributed by atoms with Crippen molar-refractivity contribution in [1.29, 1.82) is 0 Å². The summed E-state index contributed by atoms with van der Waals surface area (Å²) in [7, 11) is 0. The third-order valence-corrected chi connectivity index (χ3v) is 4.52. The van der Waals surface area contributed by atoms with Gasteiger partial charge in [-0.3, -0.25) is 0 Å². The van der Waals surface area contributed by atoms with Crippen molar-refractivity contribution in [3.63, 3.8) is 0 Å². The van der Waals surface area contributed by atoms with Crippen LogP contribution in [0.15, 0.2) is 42.5 Å². The minimum absolute atomic E-state index is 0.143. The molecule has 4 nitrogen and oxygen atoms in total. The minimum atomic E-state index is -0.552. The van der Waals surface area contributed by atoms with Crippen LogP contribution in [0.25, 0.3) is 0 Å². The topological polar surface area (TPSA) is 44.8 Å². The second kappa shape index (κ2) is 12.8. The molecule has 0 amide bonds. The molecule has 0 saturated carbocycles. The van der Waals surface area contributed by atoms with Gasteiger partial charge in [0.25, 0.3) is 0 Å². The quantitative estimate of drug-likeness (QED) is 0.216. The Kier molecular flexibility index (Phi) is 10.0. The average Bonchev–Trinajstić information content (AvgIpc) is 2.72. The Balaban J connectivity index is 1.77. The van der Waals surface area contributed by atoms with Gasteiger partial charge in [0.05, 0.1) is 18.8 Å². The molecule has 0 aromatic heterocycles. The largest absolute Gasteiger partial charge is 0.494 e. The van der Waals surface area contributed by atoms with Crippen LogP contribution in [0.2, 0.25) is 0 Å². The SMILES string of the molecule is CCCCCCCCCOc1ccc(OC(=O)c2ccc(OCC)cc2)cc1F. The third-order valence-electron chi connectivity index (χ3n) is 4.52. The molecular weight excluding hydrogens is 371 g/mol. The van der Waals surface area contributed by atoms with Crippen LogP contribution >= 0.6 is 0 Å². The summed E-state index contributed by atoms with van der Waals surface area (Å²) in [4.78, 5) is 12.2. The van der Waals surface area contributed by atoms with Crippen LogP contribution in [0.4, 0.5) is 4.39 Å². The summed E-state index contributed by atoms with van der Waals surface area (Å²) in [6, 6.07) is 10.8. The lowest BCUT2D eigenvalue weighted by atomic mass is 10.1. The van der Waals surface area contributed by atoms with Crippen LogP contribution < -0.4 is 14.2 Å². The van der Waals surface area contributed by atoms with Crippen LogP contribution in [-0.2, 0) is 0 Å². The molecular formula is C24H31FO4. The summed E-state index contributed by atoms with van der Waals surface area (Å²) in [5, 5.41) is 0. The zero-order valence-corrected chi connectivity index (χ0v) is 17.4. The fraction of sp³-hybridized carbons (Fsp3) is 0.458. The Morgan fingerprint density at radius 2 is 1.48 bits per heavy atom. The number of halogens is 1. The monoisotopic (exact) mass is 402 g/mol. The molecule has 0 spiro atoms. The second-order valence-corrected chi connectivity index (χ2v) is 6.91. The number of hydrogen-bond acceptors (Lipinski definition) is 4. The van der Waals surface area contributed by atoms with Crippen LogP contribution in [0, 0.1) is 5.82 Å². The Bertz CT molecular complexity index is 743. The first-order chi connectivity index (χ1) is 14.1. The summed E-state index contributed by atoms with van der Waals surface area (Å²) < 4.78 is 30.3. The predicted molar refractivity (Wildman–Crippen MR) is 112 cm³/mol. The summed E-state index contributed by atoms with van der Waals surface area (Å²) >= 11 is 0. The van der Waals surface area contributed by atoms with Crippen LogP contribution in [0.5, 0.6) is 17.2 Å². The van der Waals surface area contributed by atoms with E-state index < -0.39 is 11.8 Å². The molecule has 0 radical (unpaired) electrons. The lowest BCUT2D eigenvalue weighted by Gasteiger charge is -2.09. The maximum Gasteiger partial charge on any atom is 0.343 e. The molecule has 0 saturated heterocycles. The lowest BCUT2D eigenvalue weighted by molar-refractivity contribution is 0.0734. The number of carbonyl (C=O) groups is 1. The van der Waals surface area contributed by atoms with Crippen LogP contribution in [0.3, 0.4) is 0 Å². The van der Waals surface area contributed by atoms with Gasteiger partial charge in [-0.05, 0) is 49.7 Å². The van der Waals surface area contributed by atoms with Crippen molar-refractivity contribution in [1.82, 2.24) is 0 Å². The average molecular weight is 403 g/mol. The number of unbranched alkanes of at least 4 members (excludes halogenated alkanes) is 6. The Morgan fingerprint density at radius 1 is 0.828 bits per heavy atom. The van der Waals surface area contributed by atoms with Crippen LogP contribution in [-0.4, -0.2) is 19.2 Å². The number of hydrogen-bond donors (Lipinski definition) is 0. The maximum absolute atomic E-state index is 14.2. The van der Waals surface area contributed by atoms with Crippen molar-refractivity contribution in [2.75, 3.05) is 13.2 Å². The normalized spacial score (nSPS) is 10.6. The Hall–Kier alpha value is -2.56. The van der Waals surface area contributed by atoms with E-state index in [1.165, 1.54) is 50.3 Å². The Labute approximate surface area is 173 Å². The van der Waals surface area contributed by atoms with Gasteiger partial charge in [-0.25, -0.2) is 9.18 Å². The van der Waals surface area contributed by atoms with E-state index >= 15 is 0 Å². The van der Waals surface area contributed by atoms with E-state index in [1.54, 1.807) is 24.3 Å². The van der Waals surface area contributed by atoms with Gasteiger partial charge in [0.2, 0.25) is 0 Å². The molecule has 0 N–H and O–H groups in total. The van der Waals surface area contributed by atoms with Gasteiger partial charge in [-0.15, -0.1) is 0 Å². The molecule has 0 aliphatic heterocycles. The highest BCUT2D eigenvalue weighted by Gasteiger charge is 2.11. The predicted octanol–water partition coefficient (Wildman–Crippen LogP) is 6.57. The fourth-order valence-corrected chi connectivity index (χ4v) is 2.92. The highest BCUT2D eigenvalue weighted by molar-refractivity contribution is 5.91. The van der Waals surface area contributed by atoms with Gasteiger partial charge >= 0.3 is 5.97 Å². The number of ether oxygens (including phenoxy) is 3. The van der Waals surface area contributed by atoms with Crippen molar-refractivity contribution in [3.05, 3.63) is 53.8 Å². The maximum atomic E-state index is 14.2. The van der Waals surface area contributed by atoms with E-state index in [4.69, 9.17) is 14.2 Å². The zero-order valence-electron chi connectivity index (χ0n) is 17.4. The smallest absolute Gasteiger partial charge is 0.343 e. The van der Waals surface area contributed by atoms with Gasteiger partial charge in [0, 0.05) is 6.07 Å². The molecule has 0 bridgehead atoms. The van der Waals surface area contributed by atoms with Crippen molar-refractivity contribution >= 4 is 5.97 Å². The van der Waals surface area contributed by atoms with E-state index in [9.17, 15) is 9.18 Å². The zero-order chi connectivity index (χ0) is 20.9. The van der Waals surface area contributed by atoms with Gasteiger partial charge in [0.1, 0.15) is 11.5 Å². The molecule has 2 aromatic rings. The summed E-state index contributed by atoms with van der Waals surface area (Å²) in [6.07, 6.45) is 8.24. The second-order valence-electron chi connectivity index (χ2n) is 6.91. The highest BCUT2D eigenvalue weighted by atomic mass is 19.1. The molecule has 0 fully saturated rings. The van der Waals surface area contributed by atoms with Gasteiger partial charge in [-0.1, -0.05) is 45.4 Å². The molecule has 0 atom stereocenters. The lowest BCUT2D eigenvalue weighted by Crippen LogP contribution is -2.09. The van der Waals surface area contributed by atoms with Crippen molar-refractivity contribution in [3.8, 4) is 17.2 Å². The van der Waals surface area contributed by atoms with E-state index in [0.717, 1.165) is 12.8 Å². The number of esters is 1. The molecule has 0 aliphatic rings.